The number of hydrogen-bond donors (Lipinski definition) is 3. The highest BCUT2D eigenvalue weighted by Crippen LogP contribution is 2.24. The van der Waals surface area contributed by atoms with E-state index in [1.807, 2.05) is 5.38 Å². The standard InChI is InChI=1S/C15H15FN2O3S/c1-15(21,12-6-3-7-22-12)9-17-13(19)14(20)18-11-5-2-4-10(16)8-11/h2-8,21H,9H2,1H3,(H,17,19)(H,18,20). The third-order valence-corrected chi connectivity index (χ3v) is 4.06. The van der Waals surface area contributed by atoms with Gasteiger partial charge in [0.05, 0.1) is 6.54 Å². The maximum atomic E-state index is 13.0. The molecule has 3 N–H and O–H groups in total. The predicted octanol–water partition coefficient (Wildman–Crippen LogP) is 1.85. The highest BCUT2D eigenvalue weighted by Gasteiger charge is 2.26. The lowest BCUT2D eigenvalue weighted by molar-refractivity contribution is -0.136. The third kappa shape index (κ3) is 4.12. The molecule has 7 heteroatoms. The maximum Gasteiger partial charge on any atom is 0.313 e. The first-order chi connectivity index (χ1) is 10.4. The van der Waals surface area contributed by atoms with Crippen molar-refractivity contribution in [2.24, 2.45) is 0 Å². The molecule has 1 aromatic heterocycles. The Bertz CT molecular complexity index is 671. The van der Waals surface area contributed by atoms with Crippen LogP contribution in [0.5, 0.6) is 0 Å². The lowest BCUT2D eigenvalue weighted by Crippen LogP contribution is -2.42. The van der Waals surface area contributed by atoms with Gasteiger partial charge in [-0.05, 0) is 36.6 Å². The first-order valence-corrected chi connectivity index (χ1v) is 7.37. The summed E-state index contributed by atoms with van der Waals surface area (Å²) in [5.41, 5.74) is -1.08. The summed E-state index contributed by atoms with van der Waals surface area (Å²) in [6.45, 7) is 1.44. The van der Waals surface area contributed by atoms with Crippen molar-refractivity contribution < 1.29 is 19.1 Å². The van der Waals surface area contributed by atoms with Gasteiger partial charge in [0.1, 0.15) is 11.4 Å². The minimum atomic E-state index is -1.26. The van der Waals surface area contributed by atoms with Crippen LogP contribution in [0.15, 0.2) is 41.8 Å². The molecule has 0 aliphatic heterocycles. The minimum absolute atomic E-state index is 0.108. The summed E-state index contributed by atoms with van der Waals surface area (Å²) in [7, 11) is 0. The number of anilines is 1. The number of amides is 2. The molecule has 0 bridgehead atoms. The molecule has 0 aliphatic rings. The van der Waals surface area contributed by atoms with Crippen LogP contribution in [0.25, 0.3) is 0 Å². The monoisotopic (exact) mass is 322 g/mol. The molecule has 2 amide bonds. The highest BCUT2D eigenvalue weighted by molar-refractivity contribution is 7.10. The van der Waals surface area contributed by atoms with Gasteiger partial charge in [-0.1, -0.05) is 12.1 Å². The van der Waals surface area contributed by atoms with Crippen molar-refractivity contribution >= 4 is 28.8 Å². The Morgan fingerprint density at radius 2 is 2.05 bits per heavy atom. The van der Waals surface area contributed by atoms with Crippen LogP contribution >= 0.6 is 11.3 Å². The number of carbonyl (C=O) groups excluding carboxylic acids is 2. The van der Waals surface area contributed by atoms with Crippen LogP contribution in [0.1, 0.15) is 11.8 Å². The van der Waals surface area contributed by atoms with Crippen LogP contribution in [0.4, 0.5) is 10.1 Å². The Hall–Kier alpha value is -2.25. The fourth-order valence-corrected chi connectivity index (χ4v) is 2.55. The molecule has 1 aromatic carbocycles. The molecule has 2 rings (SSSR count). The van der Waals surface area contributed by atoms with Crippen LogP contribution in [0, 0.1) is 5.82 Å². The van der Waals surface area contributed by atoms with Gasteiger partial charge in [-0.25, -0.2) is 4.39 Å². The normalized spacial score (nSPS) is 13.2. The molecule has 0 fully saturated rings. The smallest absolute Gasteiger partial charge is 0.313 e. The van der Waals surface area contributed by atoms with Crippen molar-refractivity contribution in [1.82, 2.24) is 5.32 Å². The summed E-state index contributed by atoms with van der Waals surface area (Å²) >= 11 is 1.35. The summed E-state index contributed by atoms with van der Waals surface area (Å²) in [6.07, 6.45) is 0. The summed E-state index contributed by atoms with van der Waals surface area (Å²) in [5, 5.41) is 16.7. The van der Waals surface area contributed by atoms with Crippen molar-refractivity contribution in [3.8, 4) is 0 Å². The molecule has 1 unspecified atom stereocenters. The fraction of sp³-hybridized carbons (Fsp3) is 0.200. The topological polar surface area (TPSA) is 78.4 Å². The lowest BCUT2D eigenvalue weighted by atomic mass is 10.1. The van der Waals surface area contributed by atoms with E-state index in [9.17, 15) is 19.1 Å². The lowest BCUT2D eigenvalue weighted by Gasteiger charge is -2.22. The summed E-state index contributed by atoms with van der Waals surface area (Å²) in [4.78, 5) is 24.1. The third-order valence-electron chi connectivity index (χ3n) is 2.93. The summed E-state index contributed by atoms with van der Waals surface area (Å²) in [5.74, 6) is -2.34. The van der Waals surface area contributed by atoms with E-state index in [1.54, 1.807) is 19.1 Å². The van der Waals surface area contributed by atoms with Crippen molar-refractivity contribution in [2.45, 2.75) is 12.5 Å². The van der Waals surface area contributed by atoms with Gasteiger partial charge >= 0.3 is 11.8 Å². The van der Waals surface area contributed by atoms with Crippen LogP contribution in [0.2, 0.25) is 0 Å². The zero-order valence-electron chi connectivity index (χ0n) is 11.8. The molecule has 1 atom stereocenters. The average Bonchev–Trinajstić information content (AvgIpc) is 3.00. The van der Waals surface area contributed by atoms with Gasteiger partial charge in [-0.3, -0.25) is 9.59 Å². The Balaban J connectivity index is 1.90. The number of carbonyl (C=O) groups is 2. The molecule has 0 radical (unpaired) electrons. The first kappa shape index (κ1) is 16.1. The zero-order chi connectivity index (χ0) is 16.2. The van der Waals surface area contributed by atoms with E-state index in [0.717, 1.165) is 6.07 Å². The SMILES string of the molecule is CC(O)(CNC(=O)C(=O)Nc1cccc(F)c1)c1cccs1. The second-order valence-corrected chi connectivity index (χ2v) is 5.85. The number of halogens is 1. The Labute approximate surface area is 130 Å². The van der Waals surface area contributed by atoms with Crippen molar-refractivity contribution in [1.29, 1.82) is 0 Å². The molecule has 5 nitrogen and oxygen atoms in total. The quantitative estimate of drug-likeness (QED) is 0.752. The molecule has 2 aromatic rings. The number of thiophene rings is 1. The molecule has 0 aliphatic carbocycles. The fourth-order valence-electron chi connectivity index (χ4n) is 1.76. The van der Waals surface area contributed by atoms with E-state index in [4.69, 9.17) is 0 Å². The average molecular weight is 322 g/mol. The van der Waals surface area contributed by atoms with Gasteiger partial charge in [0.15, 0.2) is 0 Å². The molecular weight excluding hydrogens is 307 g/mol. The maximum absolute atomic E-state index is 13.0. The first-order valence-electron chi connectivity index (χ1n) is 6.49. The van der Waals surface area contributed by atoms with Gasteiger partial charge < -0.3 is 15.7 Å². The number of rotatable bonds is 4. The number of hydrogen-bond acceptors (Lipinski definition) is 4. The van der Waals surface area contributed by atoms with E-state index in [0.29, 0.717) is 4.88 Å². The van der Waals surface area contributed by atoms with Crippen LogP contribution in [-0.2, 0) is 15.2 Å². The number of aliphatic hydroxyl groups is 1. The van der Waals surface area contributed by atoms with Gasteiger partial charge in [0.25, 0.3) is 0 Å². The molecule has 0 saturated carbocycles. The Morgan fingerprint density at radius 3 is 2.68 bits per heavy atom. The molecule has 1 heterocycles. The van der Waals surface area contributed by atoms with Crippen molar-refractivity contribution in [3.63, 3.8) is 0 Å². The molecule has 116 valence electrons. The van der Waals surface area contributed by atoms with E-state index in [-0.39, 0.29) is 12.2 Å². The molecule has 0 saturated heterocycles. The zero-order valence-corrected chi connectivity index (χ0v) is 12.6. The Morgan fingerprint density at radius 1 is 1.27 bits per heavy atom. The van der Waals surface area contributed by atoms with Crippen LogP contribution < -0.4 is 10.6 Å². The number of nitrogens with one attached hydrogen (secondary N) is 2. The number of benzene rings is 1. The van der Waals surface area contributed by atoms with Crippen LogP contribution in [0.3, 0.4) is 0 Å². The van der Waals surface area contributed by atoms with E-state index in [1.165, 1.54) is 29.5 Å². The second kappa shape index (κ2) is 6.67. The van der Waals surface area contributed by atoms with Gasteiger partial charge in [-0.2, -0.15) is 0 Å². The summed E-state index contributed by atoms with van der Waals surface area (Å²) < 4.78 is 13.0. The largest absolute Gasteiger partial charge is 0.383 e. The van der Waals surface area contributed by atoms with Gasteiger partial charge in [-0.15, -0.1) is 11.3 Å². The van der Waals surface area contributed by atoms with Crippen molar-refractivity contribution in [2.75, 3.05) is 11.9 Å². The molecule has 22 heavy (non-hydrogen) atoms. The highest BCUT2D eigenvalue weighted by atomic mass is 32.1. The Kier molecular flexibility index (Phi) is 4.89. The van der Waals surface area contributed by atoms with Crippen LogP contribution in [-0.4, -0.2) is 23.5 Å². The summed E-state index contributed by atoms with van der Waals surface area (Å²) in [6, 6.07) is 8.75. The van der Waals surface area contributed by atoms with Gasteiger partial charge in [0, 0.05) is 10.6 Å². The second-order valence-electron chi connectivity index (χ2n) is 4.90. The van der Waals surface area contributed by atoms with E-state index in [2.05, 4.69) is 10.6 Å². The van der Waals surface area contributed by atoms with Gasteiger partial charge in [0.2, 0.25) is 0 Å². The van der Waals surface area contributed by atoms with Crippen molar-refractivity contribution in [3.05, 3.63) is 52.5 Å². The minimum Gasteiger partial charge on any atom is -0.383 e. The van der Waals surface area contributed by atoms with E-state index < -0.39 is 23.2 Å². The molecule has 0 spiro atoms. The van der Waals surface area contributed by atoms with E-state index >= 15 is 0 Å². The predicted molar refractivity (Wildman–Crippen MR) is 81.9 cm³/mol. The molecular formula is C15H15FN2O3S.